The van der Waals surface area contributed by atoms with Crippen LogP contribution in [-0.2, 0) is 25.7 Å². The van der Waals surface area contributed by atoms with Crippen LogP contribution in [0.2, 0.25) is 0 Å². The lowest BCUT2D eigenvalue weighted by Gasteiger charge is -2.40. The molecule has 2 amide bonds. The number of rotatable bonds is 6. The van der Waals surface area contributed by atoms with E-state index in [1.165, 1.54) is 9.80 Å². The smallest absolute Gasteiger partial charge is 0.323 e. The van der Waals surface area contributed by atoms with Gasteiger partial charge in [0.25, 0.3) is 5.91 Å². The Morgan fingerprint density at radius 1 is 1.11 bits per heavy atom. The number of likely N-dealkylation sites (N-methyl/N-ethyl adjacent to an activating group) is 1. The van der Waals surface area contributed by atoms with Crippen molar-refractivity contribution in [2.45, 2.75) is 18.7 Å². The molecule has 0 spiro atoms. The van der Waals surface area contributed by atoms with Crippen LogP contribution in [0.4, 0.5) is 0 Å². The predicted octanol–water partition coefficient (Wildman–Crippen LogP) is 1.70. The molecule has 0 aromatic heterocycles. The first-order valence-electron chi connectivity index (χ1n) is 8.94. The minimum atomic E-state index is -1.11. The Morgan fingerprint density at radius 2 is 1.71 bits per heavy atom. The second-order valence-corrected chi connectivity index (χ2v) is 6.67. The van der Waals surface area contributed by atoms with Gasteiger partial charge in [0.05, 0.1) is 6.04 Å². The van der Waals surface area contributed by atoms with Crippen molar-refractivity contribution in [3.63, 3.8) is 0 Å². The Kier molecular flexibility index (Phi) is 6.06. The van der Waals surface area contributed by atoms with Gasteiger partial charge in [-0.05, 0) is 11.1 Å². The molecule has 7 nitrogen and oxygen atoms in total. The molecule has 0 bridgehead atoms. The summed E-state index contributed by atoms with van der Waals surface area (Å²) < 4.78 is 5.61. The van der Waals surface area contributed by atoms with Gasteiger partial charge in [-0.1, -0.05) is 60.7 Å². The molecular weight excluding hydrogens is 360 g/mol. The van der Waals surface area contributed by atoms with Crippen molar-refractivity contribution in [2.75, 3.05) is 20.2 Å². The number of benzene rings is 2. The summed E-state index contributed by atoms with van der Waals surface area (Å²) in [5.74, 6) is -1.80. The van der Waals surface area contributed by atoms with Crippen molar-refractivity contribution >= 4 is 17.8 Å². The number of ether oxygens (including phenoxy) is 1. The van der Waals surface area contributed by atoms with Crippen LogP contribution < -0.4 is 0 Å². The number of carbonyl (C=O) groups is 3. The van der Waals surface area contributed by atoms with Crippen molar-refractivity contribution in [3.8, 4) is 0 Å². The van der Waals surface area contributed by atoms with Crippen LogP contribution in [0.5, 0.6) is 0 Å². The summed E-state index contributed by atoms with van der Waals surface area (Å²) in [6.45, 7) is -0.528. The zero-order valence-corrected chi connectivity index (χ0v) is 15.5. The molecule has 2 aromatic rings. The van der Waals surface area contributed by atoms with Gasteiger partial charge in [-0.25, -0.2) is 0 Å². The summed E-state index contributed by atoms with van der Waals surface area (Å²) in [6, 6.07) is 17.7. The number of hydrogen-bond acceptors (Lipinski definition) is 4. The van der Waals surface area contributed by atoms with Crippen LogP contribution in [-0.4, -0.2) is 59.0 Å². The van der Waals surface area contributed by atoms with E-state index in [9.17, 15) is 19.5 Å². The fourth-order valence-corrected chi connectivity index (χ4v) is 3.33. The van der Waals surface area contributed by atoms with Crippen LogP contribution in [0.3, 0.4) is 0 Å². The fraction of sp³-hybridized carbons (Fsp3) is 0.286. The third-order valence-corrected chi connectivity index (χ3v) is 4.72. The molecule has 0 saturated carbocycles. The highest BCUT2D eigenvalue weighted by Gasteiger charge is 2.42. The minimum Gasteiger partial charge on any atom is -0.480 e. The summed E-state index contributed by atoms with van der Waals surface area (Å²) >= 11 is 0. The molecule has 146 valence electrons. The molecular formula is C21H22N2O5. The average Bonchev–Trinajstić information content (AvgIpc) is 2.70. The number of carboxylic acids is 1. The molecule has 1 heterocycles. The Hall–Kier alpha value is -3.19. The predicted molar refractivity (Wildman–Crippen MR) is 101 cm³/mol. The van der Waals surface area contributed by atoms with Crippen molar-refractivity contribution < 1.29 is 24.2 Å². The van der Waals surface area contributed by atoms with E-state index < -0.39 is 30.6 Å². The number of aliphatic carboxylic acids is 1. The maximum Gasteiger partial charge on any atom is 0.323 e. The lowest BCUT2D eigenvalue weighted by atomic mass is 9.97. The average molecular weight is 382 g/mol. The molecule has 2 atom stereocenters. The first-order valence-corrected chi connectivity index (χ1v) is 8.94. The van der Waals surface area contributed by atoms with Gasteiger partial charge in [0.2, 0.25) is 5.91 Å². The molecule has 0 unspecified atom stereocenters. The number of amides is 2. The van der Waals surface area contributed by atoms with E-state index >= 15 is 0 Å². The van der Waals surface area contributed by atoms with Crippen molar-refractivity contribution in [3.05, 3.63) is 71.8 Å². The summed E-state index contributed by atoms with van der Waals surface area (Å²) in [6.07, 6.45) is -0.979. The minimum absolute atomic E-state index is 0.144. The second kappa shape index (κ2) is 8.67. The topological polar surface area (TPSA) is 87.2 Å². The van der Waals surface area contributed by atoms with Gasteiger partial charge < -0.3 is 19.6 Å². The van der Waals surface area contributed by atoms with E-state index in [-0.39, 0.29) is 19.1 Å². The van der Waals surface area contributed by atoms with E-state index in [4.69, 9.17) is 4.74 Å². The molecule has 0 aliphatic carbocycles. The van der Waals surface area contributed by atoms with Gasteiger partial charge in [-0.2, -0.15) is 0 Å². The maximum absolute atomic E-state index is 13.3. The number of carboxylic acid groups (broad SMARTS) is 1. The Labute approximate surface area is 163 Å². The largest absolute Gasteiger partial charge is 0.480 e. The van der Waals surface area contributed by atoms with Crippen LogP contribution in [0.15, 0.2) is 60.7 Å². The Morgan fingerprint density at radius 3 is 2.32 bits per heavy atom. The van der Waals surface area contributed by atoms with Crippen molar-refractivity contribution in [1.29, 1.82) is 0 Å². The SMILES string of the molecule is CN1C(=O)CO[C@@H](C(=O)N(CC(=O)O)Cc2ccccc2)[C@H]1c1ccccc1. The van der Waals surface area contributed by atoms with Crippen molar-refractivity contribution in [1.82, 2.24) is 9.80 Å². The molecule has 1 aliphatic heterocycles. The lowest BCUT2D eigenvalue weighted by Crippen LogP contribution is -2.54. The lowest BCUT2D eigenvalue weighted by molar-refractivity contribution is -0.169. The van der Waals surface area contributed by atoms with Gasteiger partial charge in [0.1, 0.15) is 13.2 Å². The monoisotopic (exact) mass is 382 g/mol. The highest BCUT2D eigenvalue weighted by Crippen LogP contribution is 2.30. The molecule has 0 radical (unpaired) electrons. The van der Waals surface area contributed by atoms with Crippen LogP contribution >= 0.6 is 0 Å². The van der Waals surface area contributed by atoms with Gasteiger partial charge in [-0.15, -0.1) is 0 Å². The van der Waals surface area contributed by atoms with Crippen LogP contribution in [0, 0.1) is 0 Å². The van der Waals surface area contributed by atoms with E-state index in [2.05, 4.69) is 0 Å². The molecule has 2 aromatic carbocycles. The zero-order valence-electron chi connectivity index (χ0n) is 15.5. The molecule has 1 aliphatic rings. The summed E-state index contributed by atoms with van der Waals surface area (Å²) in [4.78, 5) is 39.5. The number of hydrogen-bond donors (Lipinski definition) is 1. The van der Waals surface area contributed by atoms with E-state index in [0.29, 0.717) is 0 Å². The normalized spacial score (nSPS) is 19.3. The first-order chi connectivity index (χ1) is 13.5. The molecule has 7 heteroatoms. The number of morpholine rings is 1. The van der Waals surface area contributed by atoms with E-state index in [1.807, 2.05) is 60.7 Å². The van der Waals surface area contributed by atoms with Gasteiger partial charge in [0.15, 0.2) is 6.10 Å². The van der Waals surface area contributed by atoms with Gasteiger partial charge in [0, 0.05) is 13.6 Å². The molecule has 28 heavy (non-hydrogen) atoms. The standard InChI is InChI=1S/C21H22N2O5/c1-22-17(24)14-28-20(19(22)16-10-6-3-7-11-16)21(27)23(13-18(25)26)12-15-8-4-2-5-9-15/h2-11,19-20H,12-14H2,1H3,(H,25,26)/t19-,20-/m1/s1. The molecule has 1 N–H and O–H groups in total. The second-order valence-electron chi connectivity index (χ2n) is 6.67. The maximum atomic E-state index is 13.3. The van der Waals surface area contributed by atoms with Crippen LogP contribution in [0.25, 0.3) is 0 Å². The van der Waals surface area contributed by atoms with Gasteiger partial charge in [-0.3, -0.25) is 14.4 Å². The summed E-state index contributed by atoms with van der Waals surface area (Å²) in [5, 5.41) is 9.29. The number of carbonyl (C=O) groups excluding carboxylic acids is 2. The molecule has 1 saturated heterocycles. The zero-order chi connectivity index (χ0) is 20.1. The summed E-state index contributed by atoms with van der Waals surface area (Å²) in [5.41, 5.74) is 1.57. The fourth-order valence-electron chi connectivity index (χ4n) is 3.33. The molecule has 3 rings (SSSR count). The van der Waals surface area contributed by atoms with E-state index in [0.717, 1.165) is 11.1 Å². The van der Waals surface area contributed by atoms with E-state index in [1.54, 1.807) is 7.05 Å². The Balaban J connectivity index is 1.90. The number of nitrogens with zero attached hydrogens (tertiary/aromatic N) is 2. The summed E-state index contributed by atoms with van der Waals surface area (Å²) in [7, 11) is 1.63. The van der Waals surface area contributed by atoms with Crippen LogP contribution in [0.1, 0.15) is 17.2 Å². The van der Waals surface area contributed by atoms with Gasteiger partial charge >= 0.3 is 5.97 Å². The third-order valence-electron chi connectivity index (χ3n) is 4.72. The quantitative estimate of drug-likeness (QED) is 0.822. The highest BCUT2D eigenvalue weighted by molar-refractivity contribution is 5.88. The highest BCUT2D eigenvalue weighted by atomic mass is 16.5. The third kappa shape index (κ3) is 4.37. The molecule has 1 fully saturated rings. The Bertz CT molecular complexity index is 840. The van der Waals surface area contributed by atoms with Crippen molar-refractivity contribution in [2.24, 2.45) is 0 Å². The first kappa shape index (κ1) is 19.6.